The first kappa shape index (κ1) is 12.0. The summed E-state index contributed by atoms with van der Waals surface area (Å²) in [6.45, 7) is 0. The molecule has 0 atom stereocenters. The first-order valence-electron chi connectivity index (χ1n) is 3.78. The number of benzene rings is 1. The molecule has 0 aliphatic carbocycles. The summed E-state index contributed by atoms with van der Waals surface area (Å²) in [5.74, 6) is -1.45. The van der Waals surface area contributed by atoms with Gasteiger partial charge in [0, 0.05) is 0 Å². The molecule has 1 rings (SSSR count). The molecule has 0 aliphatic rings. The van der Waals surface area contributed by atoms with Crippen LogP contribution < -0.4 is 4.74 Å². The summed E-state index contributed by atoms with van der Waals surface area (Å²) < 4.78 is 35.1. The molecule has 0 aromatic heterocycles. The topological polar surface area (TPSA) is 80.7 Å². The maximum Gasteiger partial charge on any atom is 0.326 e. The van der Waals surface area contributed by atoms with E-state index in [-0.39, 0.29) is 5.75 Å². The van der Waals surface area contributed by atoms with Gasteiger partial charge in [-0.3, -0.25) is 9.35 Å². The highest BCUT2D eigenvalue weighted by atomic mass is 35.5. The molecule has 7 heteroatoms. The Bertz CT molecular complexity index is 468. The first-order valence-corrected chi connectivity index (χ1v) is 5.76. The fraction of sp³-hybridized carbons (Fsp3) is 0.125. The molecule has 5 nitrogen and oxygen atoms in total. The van der Waals surface area contributed by atoms with Crippen LogP contribution in [0.25, 0.3) is 0 Å². The molecule has 82 valence electrons. The van der Waals surface area contributed by atoms with Crippen molar-refractivity contribution in [2.45, 2.75) is 4.90 Å². The molecule has 0 saturated carbocycles. The van der Waals surface area contributed by atoms with Crippen molar-refractivity contribution in [2.75, 3.05) is 5.88 Å². The first-order chi connectivity index (χ1) is 6.95. The summed E-state index contributed by atoms with van der Waals surface area (Å²) in [7, 11) is -4.41. The second-order valence-electron chi connectivity index (χ2n) is 2.53. The van der Waals surface area contributed by atoms with Crippen LogP contribution in [-0.4, -0.2) is 24.8 Å². The minimum atomic E-state index is -4.41. The molecule has 15 heavy (non-hydrogen) atoms. The molecule has 0 unspecified atom stereocenters. The Balaban J connectivity index is 3.13. The highest BCUT2D eigenvalue weighted by Crippen LogP contribution is 2.22. The summed E-state index contributed by atoms with van der Waals surface area (Å²) in [4.78, 5) is 10.4. The van der Waals surface area contributed by atoms with Crippen LogP contribution in [0.1, 0.15) is 0 Å². The maximum absolute atomic E-state index is 10.9. The summed E-state index contributed by atoms with van der Waals surface area (Å²) >= 11 is 5.18. The number of hydrogen-bond acceptors (Lipinski definition) is 4. The summed E-state index contributed by atoms with van der Waals surface area (Å²) in [5.41, 5.74) is 0. The van der Waals surface area contributed by atoms with Crippen LogP contribution in [0, 0.1) is 0 Å². The van der Waals surface area contributed by atoms with Crippen molar-refractivity contribution in [3.8, 4) is 5.75 Å². The van der Waals surface area contributed by atoms with Gasteiger partial charge in [-0.1, -0.05) is 12.1 Å². The molecule has 1 N–H and O–H groups in total. The quantitative estimate of drug-likeness (QED) is 0.376. The molecule has 0 heterocycles. The molecular formula is C8H7ClO5S. The van der Waals surface area contributed by atoms with Crippen LogP contribution >= 0.6 is 11.6 Å². The zero-order valence-corrected chi connectivity index (χ0v) is 8.96. The van der Waals surface area contributed by atoms with Gasteiger partial charge < -0.3 is 4.74 Å². The Morgan fingerprint density at radius 1 is 1.40 bits per heavy atom. The number of halogens is 1. The van der Waals surface area contributed by atoms with E-state index in [2.05, 4.69) is 4.74 Å². The van der Waals surface area contributed by atoms with Gasteiger partial charge in [-0.25, -0.2) is 0 Å². The Morgan fingerprint density at radius 3 is 2.53 bits per heavy atom. The van der Waals surface area contributed by atoms with E-state index in [4.69, 9.17) is 16.2 Å². The molecular weight excluding hydrogens is 244 g/mol. The van der Waals surface area contributed by atoms with Crippen LogP contribution in [0.5, 0.6) is 5.75 Å². The lowest BCUT2D eigenvalue weighted by Crippen LogP contribution is -2.11. The van der Waals surface area contributed by atoms with Crippen molar-refractivity contribution in [3.63, 3.8) is 0 Å². The lowest BCUT2D eigenvalue weighted by atomic mass is 10.3. The number of para-hydroxylation sites is 1. The molecule has 1 aromatic carbocycles. The lowest BCUT2D eigenvalue weighted by Gasteiger charge is -2.05. The van der Waals surface area contributed by atoms with Gasteiger partial charge in [0.15, 0.2) is 5.75 Å². The average molecular weight is 251 g/mol. The molecule has 1 aromatic rings. The van der Waals surface area contributed by atoms with Gasteiger partial charge in [0.25, 0.3) is 10.1 Å². The summed E-state index contributed by atoms with van der Waals surface area (Å²) in [5, 5.41) is 0. The Morgan fingerprint density at radius 2 is 2.00 bits per heavy atom. The van der Waals surface area contributed by atoms with E-state index in [1.807, 2.05) is 0 Å². The predicted molar refractivity (Wildman–Crippen MR) is 52.6 cm³/mol. The predicted octanol–water partition coefficient (Wildman–Crippen LogP) is 1.08. The van der Waals surface area contributed by atoms with Gasteiger partial charge >= 0.3 is 5.97 Å². The number of esters is 1. The van der Waals surface area contributed by atoms with E-state index in [0.717, 1.165) is 6.07 Å². The van der Waals surface area contributed by atoms with Crippen LogP contribution in [-0.2, 0) is 14.9 Å². The molecule has 0 radical (unpaired) electrons. The molecule has 0 spiro atoms. The number of carbonyl (C=O) groups excluding carboxylic acids is 1. The van der Waals surface area contributed by atoms with Crippen LogP contribution in [0.4, 0.5) is 0 Å². The average Bonchev–Trinajstić information content (AvgIpc) is 2.17. The van der Waals surface area contributed by atoms with Gasteiger partial charge in [-0.15, -0.1) is 11.6 Å². The van der Waals surface area contributed by atoms with E-state index in [1.165, 1.54) is 18.2 Å². The number of hydrogen-bond donors (Lipinski definition) is 1. The second kappa shape index (κ2) is 4.61. The normalized spacial score (nSPS) is 11.1. The zero-order chi connectivity index (χ0) is 11.5. The van der Waals surface area contributed by atoms with Crippen molar-refractivity contribution in [1.29, 1.82) is 0 Å². The third-order valence-electron chi connectivity index (χ3n) is 1.46. The maximum atomic E-state index is 10.9. The highest BCUT2D eigenvalue weighted by Gasteiger charge is 2.17. The number of ether oxygens (including phenoxy) is 1. The standard InChI is InChI=1S/C8H7ClO5S/c9-5-8(10)14-6-3-1-2-4-7(6)15(11,12)13/h1-4H,5H2,(H,11,12,13). The fourth-order valence-electron chi connectivity index (χ4n) is 0.898. The van der Waals surface area contributed by atoms with Gasteiger partial charge in [0.2, 0.25) is 0 Å². The third-order valence-corrected chi connectivity index (χ3v) is 2.57. The minimum absolute atomic E-state index is 0.245. The van der Waals surface area contributed by atoms with E-state index in [1.54, 1.807) is 0 Å². The molecule has 0 amide bonds. The molecule has 0 saturated heterocycles. The Labute approximate surface area is 91.4 Å². The van der Waals surface area contributed by atoms with Gasteiger partial charge in [-0.05, 0) is 12.1 Å². The van der Waals surface area contributed by atoms with E-state index >= 15 is 0 Å². The molecule has 0 bridgehead atoms. The van der Waals surface area contributed by atoms with Crippen molar-refractivity contribution in [3.05, 3.63) is 24.3 Å². The van der Waals surface area contributed by atoms with E-state index in [9.17, 15) is 13.2 Å². The third kappa shape index (κ3) is 3.19. The minimum Gasteiger partial charge on any atom is -0.424 e. The fourth-order valence-corrected chi connectivity index (χ4v) is 1.57. The van der Waals surface area contributed by atoms with Gasteiger partial charge in [0.05, 0.1) is 0 Å². The largest absolute Gasteiger partial charge is 0.424 e. The van der Waals surface area contributed by atoms with Gasteiger partial charge in [-0.2, -0.15) is 8.42 Å². The number of alkyl halides is 1. The van der Waals surface area contributed by atoms with Crippen molar-refractivity contribution >= 4 is 27.7 Å². The van der Waals surface area contributed by atoms with Gasteiger partial charge in [0.1, 0.15) is 10.8 Å². The van der Waals surface area contributed by atoms with E-state index in [0.29, 0.717) is 0 Å². The van der Waals surface area contributed by atoms with Crippen molar-refractivity contribution in [1.82, 2.24) is 0 Å². The number of carbonyl (C=O) groups is 1. The highest BCUT2D eigenvalue weighted by molar-refractivity contribution is 7.86. The zero-order valence-electron chi connectivity index (χ0n) is 7.38. The monoisotopic (exact) mass is 250 g/mol. The van der Waals surface area contributed by atoms with Crippen molar-refractivity contribution < 1.29 is 22.5 Å². The Hall–Kier alpha value is -1.11. The van der Waals surface area contributed by atoms with Crippen LogP contribution in [0.2, 0.25) is 0 Å². The van der Waals surface area contributed by atoms with Crippen LogP contribution in [0.15, 0.2) is 29.2 Å². The SMILES string of the molecule is O=C(CCl)Oc1ccccc1S(=O)(=O)O. The lowest BCUT2D eigenvalue weighted by molar-refractivity contribution is -0.131. The Kier molecular flexibility index (Phi) is 3.67. The smallest absolute Gasteiger partial charge is 0.326 e. The van der Waals surface area contributed by atoms with Crippen LogP contribution in [0.3, 0.4) is 0 Å². The number of rotatable bonds is 3. The summed E-state index contributed by atoms with van der Waals surface area (Å²) in [6.07, 6.45) is 0. The van der Waals surface area contributed by atoms with Crippen molar-refractivity contribution in [2.24, 2.45) is 0 Å². The molecule has 0 fully saturated rings. The molecule has 0 aliphatic heterocycles. The summed E-state index contributed by atoms with van der Waals surface area (Å²) in [6, 6.07) is 5.21. The second-order valence-corrected chi connectivity index (χ2v) is 4.19. The van der Waals surface area contributed by atoms with E-state index < -0.39 is 26.9 Å².